The van der Waals surface area contributed by atoms with Gasteiger partial charge in [-0.05, 0) is 36.2 Å². The monoisotopic (exact) mass is 421 g/mol. The van der Waals surface area contributed by atoms with Crippen molar-refractivity contribution in [3.8, 4) is 16.9 Å². The predicted octanol–water partition coefficient (Wildman–Crippen LogP) is 5.24. The van der Waals surface area contributed by atoms with E-state index < -0.39 is 11.6 Å². The second kappa shape index (κ2) is 9.04. The van der Waals surface area contributed by atoms with Gasteiger partial charge in [0.2, 0.25) is 0 Å². The number of aromatic nitrogens is 3. The summed E-state index contributed by atoms with van der Waals surface area (Å²) < 4.78 is 34.8. The summed E-state index contributed by atoms with van der Waals surface area (Å²) in [7, 11) is 0. The molecule has 158 valence electrons. The minimum absolute atomic E-state index is 0.00987. The lowest BCUT2D eigenvalue weighted by Gasteiger charge is -2.11. The number of nitrogens with zero attached hydrogens (tertiary/aromatic N) is 2. The van der Waals surface area contributed by atoms with Gasteiger partial charge in [-0.25, -0.2) is 13.8 Å². The van der Waals surface area contributed by atoms with Gasteiger partial charge in [-0.2, -0.15) is 0 Å². The highest BCUT2D eigenvalue weighted by Gasteiger charge is 2.18. The minimum Gasteiger partial charge on any atom is -0.483 e. The van der Waals surface area contributed by atoms with Gasteiger partial charge in [0, 0.05) is 59.7 Å². The van der Waals surface area contributed by atoms with Gasteiger partial charge in [-0.15, -0.1) is 0 Å². The van der Waals surface area contributed by atoms with Crippen LogP contribution in [0.3, 0.4) is 0 Å². The SMILES string of the molecule is CCCC(=O)COc1ccc(F)c(Cc2c[nH]c3ncc(-c4cccnc4)cc23)c1F. The molecule has 0 saturated carbocycles. The largest absolute Gasteiger partial charge is 0.483 e. The van der Waals surface area contributed by atoms with Crippen LogP contribution in [0.5, 0.6) is 5.75 Å². The number of hydrogen-bond donors (Lipinski definition) is 1. The summed E-state index contributed by atoms with van der Waals surface area (Å²) in [6.45, 7) is 1.64. The van der Waals surface area contributed by atoms with Gasteiger partial charge >= 0.3 is 0 Å². The Hall–Kier alpha value is -3.61. The van der Waals surface area contributed by atoms with E-state index in [2.05, 4.69) is 15.0 Å². The minimum atomic E-state index is -0.796. The standard InChI is InChI=1S/C24H21F2N3O2/c1-2-4-18(30)14-31-22-7-6-21(25)20(23(22)26)10-17-13-29-24-19(17)9-16(12-28-24)15-5-3-8-27-11-15/h3,5-9,11-13H,2,4,10,14H2,1H3,(H,28,29). The van der Waals surface area contributed by atoms with Crippen LogP contribution in [0.2, 0.25) is 0 Å². The molecule has 0 bridgehead atoms. The topological polar surface area (TPSA) is 67.9 Å². The molecule has 0 spiro atoms. The Morgan fingerprint density at radius 3 is 2.81 bits per heavy atom. The van der Waals surface area contributed by atoms with E-state index in [1.165, 1.54) is 6.07 Å². The van der Waals surface area contributed by atoms with Crippen molar-refractivity contribution < 1.29 is 18.3 Å². The van der Waals surface area contributed by atoms with Crippen LogP contribution in [0.25, 0.3) is 22.2 Å². The molecule has 0 fully saturated rings. The molecule has 1 aromatic carbocycles. The number of fused-ring (bicyclic) bond motifs is 1. The number of halogens is 2. The van der Waals surface area contributed by atoms with Crippen molar-refractivity contribution in [2.24, 2.45) is 0 Å². The van der Waals surface area contributed by atoms with Crippen LogP contribution in [0.4, 0.5) is 8.78 Å². The summed E-state index contributed by atoms with van der Waals surface area (Å²) in [6, 6.07) is 8.04. The van der Waals surface area contributed by atoms with Crippen LogP contribution >= 0.6 is 0 Å². The van der Waals surface area contributed by atoms with E-state index >= 15 is 0 Å². The van der Waals surface area contributed by atoms with E-state index in [0.717, 1.165) is 22.6 Å². The molecule has 7 heteroatoms. The van der Waals surface area contributed by atoms with Crippen LogP contribution < -0.4 is 4.74 Å². The summed E-state index contributed by atoms with van der Waals surface area (Å²) in [5.41, 5.74) is 2.96. The van der Waals surface area contributed by atoms with Crippen LogP contribution in [0.15, 0.2) is 55.1 Å². The molecule has 0 aliphatic heterocycles. The van der Waals surface area contributed by atoms with Gasteiger partial charge in [-0.3, -0.25) is 9.78 Å². The highest BCUT2D eigenvalue weighted by Crippen LogP contribution is 2.29. The Morgan fingerprint density at radius 1 is 1.16 bits per heavy atom. The zero-order valence-corrected chi connectivity index (χ0v) is 17.0. The second-order valence-corrected chi connectivity index (χ2v) is 7.27. The van der Waals surface area contributed by atoms with Crippen LogP contribution in [0.1, 0.15) is 30.9 Å². The molecule has 1 N–H and O–H groups in total. The molecule has 3 aromatic heterocycles. The highest BCUT2D eigenvalue weighted by atomic mass is 19.1. The number of H-pyrrole nitrogens is 1. The molecule has 0 amide bonds. The lowest BCUT2D eigenvalue weighted by atomic mass is 10.0. The number of rotatable bonds is 8. The van der Waals surface area contributed by atoms with Crippen molar-refractivity contribution in [1.29, 1.82) is 0 Å². The molecule has 4 aromatic rings. The zero-order valence-electron chi connectivity index (χ0n) is 17.0. The Kier molecular flexibility index (Phi) is 6.02. The molecule has 0 atom stereocenters. The number of hydrogen-bond acceptors (Lipinski definition) is 4. The zero-order chi connectivity index (χ0) is 21.8. The number of carbonyl (C=O) groups excluding carboxylic acids is 1. The van der Waals surface area contributed by atoms with Gasteiger partial charge in [0.15, 0.2) is 17.3 Å². The third-order valence-electron chi connectivity index (χ3n) is 5.05. The van der Waals surface area contributed by atoms with E-state index in [0.29, 0.717) is 24.1 Å². The summed E-state index contributed by atoms with van der Waals surface area (Å²) in [6.07, 6.45) is 7.90. The van der Waals surface area contributed by atoms with E-state index in [1.54, 1.807) is 24.8 Å². The fourth-order valence-electron chi connectivity index (χ4n) is 3.44. The first-order valence-corrected chi connectivity index (χ1v) is 10.0. The first kappa shape index (κ1) is 20.7. The number of ether oxygens (including phenoxy) is 1. The van der Waals surface area contributed by atoms with Crippen molar-refractivity contribution >= 4 is 16.8 Å². The van der Waals surface area contributed by atoms with Gasteiger partial charge in [0.05, 0.1) is 0 Å². The normalized spacial score (nSPS) is 11.1. The number of ketones is 1. The van der Waals surface area contributed by atoms with Crippen molar-refractivity contribution in [2.75, 3.05) is 6.61 Å². The fourth-order valence-corrected chi connectivity index (χ4v) is 3.44. The number of nitrogens with one attached hydrogen (secondary N) is 1. The molecular weight excluding hydrogens is 400 g/mol. The number of benzene rings is 1. The lowest BCUT2D eigenvalue weighted by Crippen LogP contribution is -2.12. The molecular formula is C24H21F2N3O2. The average Bonchev–Trinajstić information content (AvgIpc) is 3.19. The maximum absolute atomic E-state index is 15.0. The third kappa shape index (κ3) is 4.45. The van der Waals surface area contributed by atoms with Crippen molar-refractivity contribution in [1.82, 2.24) is 15.0 Å². The highest BCUT2D eigenvalue weighted by molar-refractivity contribution is 5.85. The van der Waals surface area contributed by atoms with Crippen molar-refractivity contribution in [2.45, 2.75) is 26.2 Å². The molecule has 0 aliphatic rings. The lowest BCUT2D eigenvalue weighted by molar-refractivity contribution is -0.121. The molecule has 3 heterocycles. The Morgan fingerprint density at radius 2 is 2.03 bits per heavy atom. The number of aromatic amines is 1. The summed E-state index contributed by atoms with van der Waals surface area (Å²) in [4.78, 5) is 23.3. The van der Waals surface area contributed by atoms with E-state index in [1.807, 2.05) is 25.1 Å². The Bertz CT molecular complexity index is 1220. The molecule has 5 nitrogen and oxygen atoms in total. The van der Waals surface area contributed by atoms with Gasteiger partial charge < -0.3 is 9.72 Å². The number of carbonyl (C=O) groups is 1. The average molecular weight is 421 g/mol. The van der Waals surface area contributed by atoms with Gasteiger partial charge in [0.25, 0.3) is 0 Å². The maximum atomic E-state index is 15.0. The van der Waals surface area contributed by atoms with Gasteiger partial charge in [-0.1, -0.05) is 13.0 Å². The fraction of sp³-hybridized carbons (Fsp3) is 0.208. The number of Topliss-reactive ketones (excluding diaryl/α,β-unsaturated/α-hetero) is 1. The summed E-state index contributed by atoms with van der Waals surface area (Å²) in [5, 5.41) is 0.768. The summed E-state index contributed by atoms with van der Waals surface area (Å²) in [5.74, 6) is -1.72. The van der Waals surface area contributed by atoms with Gasteiger partial charge in [0.1, 0.15) is 18.1 Å². The quantitative estimate of drug-likeness (QED) is 0.422. The van der Waals surface area contributed by atoms with E-state index in [-0.39, 0.29) is 30.1 Å². The maximum Gasteiger partial charge on any atom is 0.171 e. The molecule has 0 saturated heterocycles. The van der Waals surface area contributed by atoms with E-state index in [4.69, 9.17) is 4.74 Å². The van der Waals surface area contributed by atoms with E-state index in [9.17, 15) is 13.6 Å². The van der Waals surface area contributed by atoms with Crippen LogP contribution in [-0.2, 0) is 11.2 Å². The van der Waals surface area contributed by atoms with Crippen molar-refractivity contribution in [3.63, 3.8) is 0 Å². The van der Waals surface area contributed by atoms with Crippen LogP contribution in [-0.4, -0.2) is 27.3 Å². The van der Waals surface area contributed by atoms with Crippen LogP contribution in [0, 0.1) is 11.6 Å². The Balaban J connectivity index is 1.64. The molecule has 0 unspecified atom stereocenters. The number of pyridine rings is 2. The first-order chi connectivity index (χ1) is 15.1. The molecule has 0 aliphatic carbocycles. The Labute approximate surface area is 178 Å². The second-order valence-electron chi connectivity index (χ2n) is 7.27. The predicted molar refractivity (Wildman–Crippen MR) is 114 cm³/mol. The smallest absolute Gasteiger partial charge is 0.171 e. The summed E-state index contributed by atoms with van der Waals surface area (Å²) >= 11 is 0. The molecule has 31 heavy (non-hydrogen) atoms. The third-order valence-corrected chi connectivity index (χ3v) is 5.05. The molecule has 4 rings (SSSR count). The van der Waals surface area contributed by atoms with Crippen molar-refractivity contribution in [3.05, 3.63) is 77.9 Å². The first-order valence-electron chi connectivity index (χ1n) is 10.0. The molecule has 0 radical (unpaired) electrons.